The molecule has 15 heavy (non-hydrogen) atoms. The number of rotatable bonds is 7. The minimum atomic E-state index is -0.864. The Morgan fingerprint density at radius 3 is 2.73 bits per heavy atom. The third-order valence-corrected chi connectivity index (χ3v) is 2.06. The standard InChI is InChI=1S/C8H10N2O4S/c1-15-3-2-7(10-5-12)8(13)14-6-9-4-11/h7H,2-3,6H2,1H3. The molecule has 0 amide bonds. The fraction of sp³-hybridized carbons (Fsp3) is 0.625. The van der Waals surface area contributed by atoms with Crippen molar-refractivity contribution < 1.29 is 19.1 Å². The molecule has 0 aromatic heterocycles. The molecule has 0 aliphatic carbocycles. The molecule has 1 atom stereocenters. The van der Waals surface area contributed by atoms with Crippen LogP contribution in [0.15, 0.2) is 9.98 Å². The third-order valence-electron chi connectivity index (χ3n) is 1.41. The number of ether oxygens (including phenoxy) is 1. The van der Waals surface area contributed by atoms with Gasteiger partial charge in [0.15, 0.2) is 12.8 Å². The molecule has 1 unspecified atom stereocenters. The van der Waals surface area contributed by atoms with Crippen molar-refractivity contribution in [3.05, 3.63) is 0 Å². The van der Waals surface area contributed by atoms with Crippen molar-refractivity contribution in [1.29, 1.82) is 0 Å². The summed E-state index contributed by atoms with van der Waals surface area (Å²) in [6.07, 6.45) is 4.78. The van der Waals surface area contributed by atoms with Gasteiger partial charge in [0.05, 0.1) is 0 Å². The number of isocyanates is 2. The van der Waals surface area contributed by atoms with Crippen LogP contribution >= 0.6 is 11.8 Å². The van der Waals surface area contributed by atoms with Crippen molar-refractivity contribution in [3.63, 3.8) is 0 Å². The van der Waals surface area contributed by atoms with Crippen LogP contribution in [0, 0.1) is 0 Å². The van der Waals surface area contributed by atoms with Gasteiger partial charge in [0.25, 0.3) is 0 Å². The Kier molecular flexibility index (Phi) is 8.28. The second-order valence-corrected chi connectivity index (χ2v) is 3.35. The monoisotopic (exact) mass is 230 g/mol. The summed E-state index contributed by atoms with van der Waals surface area (Å²) < 4.78 is 4.54. The Morgan fingerprint density at radius 1 is 1.47 bits per heavy atom. The summed E-state index contributed by atoms with van der Waals surface area (Å²) in [5, 5.41) is 0. The maximum Gasteiger partial charge on any atom is 0.333 e. The minimum Gasteiger partial charge on any atom is -0.440 e. The van der Waals surface area contributed by atoms with Crippen LogP contribution in [0.3, 0.4) is 0 Å². The topological polar surface area (TPSA) is 85.2 Å². The minimum absolute atomic E-state index is 0.389. The Morgan fingerprint density at radius 2 is 2.20 bits per heavy atom. The fourth-order valence-electron chi connectivity index (χ4n) is 0.747. The van der Waals surface area contributed by atoms with Gasteiger partial charge in [-0.05, 0) is 18.4 Å². The molecule has 0 aliphatic heterocycles. The van der Waals surface area contributed by atoms with Crippen LogP contribution in [-0.2, 0) is 19.1 Å². The summed E-state index contributed by atoms with van der Waals surface area (Å²) >= 11 is 1.52. The lowest BCUT2D eigenvalue weighted by molar-refractivity contribution is -0.144. The van der Waals surface area contributed by atoms with Gasteiger partial charge in [0, 0.05) is 0 Å². The molecule has 0 N–H and O–H groups in total. The highest BCUT2D eigenvalue weighted by Gasteiger charge is 2.18. The number of carbonyl (C=O) groups is 1. The molecule has 7 heteroatoms. The molecule has 0 rings (SSSR count). The molecule has 0 saturated heterocycles. The molecular weight excluding hydrogens is 220 g/mol. The molecular formula is C8H10N2O4S. The Hall–Kier alpha value is -1.42. The molecule has 0 aromatic rings. The van der Waals surface area contributed by atoms with E-state index >= 15 is 0 Å². The van der Waals surface area contributed by atoms with Gasteiger partial charge >= 0.3 is 5.97 Å². The van der Waals surface area contributed by atoms with Crippen molar-refractivity contribution in [3.8, 4) is 0 Å². The first-order valence-electron chi connectivity index (χ1n) is 4.02. The number of hydrogen-bond acceptors (Lipinski definition) is 7. The lowest BCUT2D eigenvalue weighted by Gasteiger charge is -2.07. The first kappa shape index (κ1) is 13.6. The molecule has 0 radical (unpaired) electrons. The number of aliphatic imine (C=N–C) groups is 2. The molecule has 0 aliphatic rings. The van der Waals surface area contributed by atoms with Crippen LogP contribution in [0.2, 0.25) is 0 Å². The van der Waals surface area contributed by atoms with E-state index < -0.39 is 18.7 Å². The summed E-state index contributed by atoms with van der Waals surface area (Å²) in [6.45, 7) is -0.396. The average Bonchev–Trinajstić information content (AvgIpc) is 2.24. The van der Waals surface area contributed by atoms with Gasteiger partial charge in [0.1, 0.15) is 0 Å². The molecule has 0 aromatic carbocycles. The zero-order valence-corrected chi connectivity index (χ0v) is 8.95. The van der Waals surface area contributed by atoms with Crippen LogP contribution in [0.4, 0.5) is 0 Å². The summed E-state index contributed by atoms with van der Waals surface area (Å²) in [4.78, 5) is 37.3. The van der Waals surface area contributed by atoms with Crippen molar-refractivity contribution >= 4 is 29.9 Å². The zero-order valence-electron chi connectivity index (χ0n) is 8.13. The normalized spacial score (nSPS) is 10.7. The summed E-state index contributed by atoms with van der Waals surface area (Å²) in [5.74, 6) is -0.0200. The van der Waals surface area contributed by atoms with Crippen LogP contribution in [-0.4, -0.2) is 42.9 Å². The highest BCUT2D eigenvalue weighted by molar-refractivity contribution is 7.98. The van der Waals surface area contributed by atoms with Crippen molar-refractivity contribution in [1.82, 2.24) is 0 Å². The number of thioether (sulfide) groups is 1. The predicted molar refractivity (Wildman–Crippen MR) is 54.0 cm³/mol. The van der Waals surface area contributed by atoms with E-state index in [9.17, 15) is 14.4 Å². The molecule has 82 valence electrons. The van der Waals surface area contributed by atoms with Gasteiger partial charge in [-0.15, -0.1) is 0 Å². The van der Waals surface area contributed by atoms with E-state index in [0.29, 0.717) is 12.2 Å². The number of hydrogen-bond donors (Lipinski definition) is 0. The summed E-state index contributed by atoms with van der Waals surface area (Å²) in [7, 11) is 0. The van der Waals surface area contributed by atoms with Gasteiger partial charge in [-0.3, -0.25) is 0 Å². The second kappa shape index (κ2) is 9.15. The van der Waals surface area contributed by atoms with Gasteiger partial charge < -0.3 is 4.74 Å². The van der Waals surface area contributed by atoms with Crippen LogP contribution in [0.5, 0.6) is 0 Å². The molecule has 0 fully saturated rings. The maximum atomic E-state index is 11.2. The van der Waals surface area contributed by atoms with E-state index in [-0.39, 0.29) is 0 Å². The van der Waals surface area contributed by atoms with Gasteiger partial charge in [-0.1, -0.05) is 0 Å². The van der Waals surface area contributed by atoms with Crippen LogP contribution in [0.25, 0.3) is 0 Å². The Bertz CT molecular complexity index is 295. The predicted octanol–water partition coefficient (Wildman–Crippen LogP) is 0.280. The highest BCUT2D eigenvalue weighted by atomic mass is 32.2. The van der Waals surface area contributed by atoms with E-state index in [4.69, 9.17) is 0 Å². The van der Waals surface area contributed by atoms with Crippen LogP contribution < -0.4 is 0 Å². The second-order valence-electron chi connectivity index (χ2n) is 2.36. The SMILES string of the molecule is CSCCC(N=C=O)C(=O)OCN=C=O. The first-order chi connectivity index (χ1) is 7.26. The lowest BCUT2D eigenvalue weighted by atomic mass is 10.2. The quantitative estimate of drug-likeness (QED) is 0.356. The molecule has 0 bridgehead atoms. The van der Waals surface area contributed by atoms with E-state index in [1.165, 1.54) is 23.9 Å². The smallest absolute Gasteiger partial charge is 0.333 e. The Balaban J connectivity index is 4.15. The van der Waals surface area contributed by atoms with Crippen molar-refractivity contribution in [2.75, 3.05) is 18.7 Å². The van der Waals surface area contributed by atoms with Gasteiger partial charge in [0.2, 0.25) is 12.2 Å². The average molecular weight is 230 g/mol. The third kappa shape index (κ3) is 6.62. The highest BCUT2D eigenvalue weighted by Crippen LogP contribution is 2.05. The van der Waals surface area contributed by atoms with E-state index in [1.54, 1.807) is 0 Å². The maximum absolute atomic E-state index is 11.2. The Labute approximate surface area is 90.8 Å². The van der Waals surface area contributed by atoms with Crippen LogP contribution in [0.1, 0.15) is 6.42 Å². The number of carbonyl (C=O) groups excluding carboxylic acids is 3. The summed E-state index contributed by atoms with van der Waals surface area (Å²) in [5.41, 5.74) is 0. The van der Waals surface area contributed by atoms with Gasteiger partial charge in [-0.2, -0.15) is 21.7 Å². The number of esters is 1. The number of nitrogens with zero attached hydrogens (tertiary/aromatic N) is 2. The molecule has 0 heterocycles. The molecule has 0 saturated carbocycles. The van der Waals surface area contributed by atoms with E-state index in [1.807, 2.05) is 6.26 Å². The largest absolute Gasteiger partial charge is 0.440 e. The summed E-state index contributed by atoms with van der Waals surface area (Å²) in [6, 6.07) is -0.864. The zero-order chi connectivity index (χ0) is 11.5. The lowest BCUT2D eigenvalue weighted by Crippen LogP contribution is -2.22. The first-order valence-corrected chi connectivity index (χ1v) is 5.41. The van der Waals surface area contributed by atoms with Crippen molar-refractivity contribution in [2.45, 2.75) is 12.5 Å². The molecule has 6 nitrogen and oxygen atoms in total. The molecule has 0 spiro atoms. The fourth-order valence-corrected chi connectivity index (χ4v) is 1.21. The van der Waals surface area contributed by atoms with Gasteiger partial charge in [-0.25, -0.2) is 14.4 Å². The van der Waals surface area contributed by atoms with E-state index in [0.717, 1.165) is 0 Å². The van der Waals surface area contributed by atoms with Crippen molar-refractivity contribution in [2.24, 2.45) is 9.98 Å². The van der Waals surface area contributed by atoms with E-state index in [2.05, 4.69) is 14.7 Å².